The highest BCUT2D eigenvalue weighted by Gasteiger charge is 2.17. The van der Waals surface area contributed by atoms with E-state index in [2.05, 4.69) is 52.7 Å². The highest BCUT2D eigenvalue weighted by atomic mass is 35.5. The van der Waals surface area contributed by atoms with Crippen molar-refractivity contribution in [3.05, 3.63) is 47.4 Å². The van der Waals surface area contributed by atoms with Crippen LogP contribution in [-0.4, -0.2) is 74.3 Å². The molecule has 13 heteroatoms. The normalized spacial score (nSPS) is 13.6. The number of hydrogen-bond donors (Lipinski definition) is 2. The van der Waals surface area contributed by atoms with E-state index in [4.69, 9.17) is 21.1 Å². The summed E-state index contributed by atoms with van der Waals surface area (Å²) in [6, 6.07) is 7.88. The summed E-state index contributed by atoms with van der Waals surface area (Å²) in [6.45, 7) is 7.15. The fourth-order valence-corrected chi connectivity index (χ4v) is 4.17. The van der Waals surface area contributed by atoms with E-state index in [0.29, 0.717) is 48.9 Å². The van der Waals surface area contributed by atoms with Gasteiger partial charge in [0.2, 0.25) is 11.9 Å². The van der Waals surface area contributed by atoms with Gasteiger partial charge in [0.15, 0.2) is 0 Å². The second-order valence-electron chi connectivity index (χ2n) is 8.83. The molecule has 0 spiro atoms. The van der Waals surface area contributed by atoms with Crippen molar-refractivity contribution in [1.29, 1.82) is 0 Å². The standard InChI is InChI=1S/C25H31ClN10O2/c1-2-3-7-29-23-30-24(35-11-13-37-14-12-35)32-25(31-23)38-17-19-16-36(34-33-19)10-9-28-21-6-8-27-22-15-18(26)4-5-20(21)22/h4-6,8,15-16H,2-3,7,9-14,17H2,1H3,(H,27,28)(H,29,30,31,32). The molecule has 1 aliphatic rings. The number of fused-ring (bicyclic) bond motifs is 1. The molecule has 12 nitrogen and oxygen atoms in total. The number of morpholine rings is 1. The van der Waals surface area contributed by atoms with Gasteiger partial charge < -0.3 is 25.0 Å². The first-order chi connectivity index (χ1) is 18.7. The zero-order valence-electron chi connectivity index (χ0n) is 21.3. The van der Waals surface area contributed by atoms with Crippen molar-refractivity contribution in [1.82, 2.24) is 34.9 Å². The maximum absolute atomic E-state index is 6.09. The summed E-state index contributed by atoms with van der Waals surface area (Å²) >= 11 is 6.09. The average Bonchev–Trinajstić information content (AvgIpc) is 3.40. The van der Waals surface area contributed by atoms with Crippen LogP contribution in [0.25, 0.3) is 10.9 Å². The molecular weight excluding hydrogens is 508 g/mol. The highest BCUT2D eigenvalue weighted by Crippen LogP contribution is 2.24. The third-order valence-corrected chi connectivity index (χ3v) is 6.24. The molecule has 0 unspecified atom stereocenters. The summed E-state index contributed by atoms with van der Waals surface area (Å²) in [5, 5.41) is 16.8. The summed E-state index contributed by atoms with van der Waals surface area (Å²) in [6.07, 6.45) is 5.73. The fourth-order valence-electron chi connectivity index (χ4n) is 4.00. The Hall–Kier alpha value is -3.77. The zero-order chi connectivity index (χ0) is 26.2. The summed E-state index contributed by atoms with van der Waals surface area (Å²) in [5.74, 6) is 1.09. The molecule has 0 radical (unpaired) electrons. The van der Waals surface area contributed by atoms with E-state index in [1.165, 1.54) is 0 Å². The van der Waals surface area contributed by atoms with Crippen molar-refractivity contribution in [3.63, 3.8) is 0 Å². The molecule has 1 saturated heterocycles. The van der Waals surface area contributed by atoms with Crippen LogP contribution >= 0.6 is 11.6 Å². The number of ether oxygens (including phenoxy) is 2. The van der Waals surface area contributed by atoms with Gasteiger partial charge in [-0.1, -0.05) is 30.2 Å². The van der Waals surface area contributed by atoms with Gasteiger partial charge in [-0.2, -0.15) is 15.0 Å². The largest absolute Gasteiger partial charge is 0.457 e. The van der Waals surface area contributed by atoms with Gasteiger partial charge in [0.1, 0.15) is 12.3 Å². The Morgan fingerprint density at radius 1 is 1.08 bits per heavy atom. The van der Waals surface area contributed by atoms with Crippen molar-refractivity contribution in [2.75, 3.05) is 54.9 Å². The second kappa shape index (κ2) is 12.7. The molecule has 1 fully saturated rings. The number of hydrogen-bond acceptors (Lipinski definition) is 11. The van der Waals surface area contributed by atoms with Crippen LogP contribution in [0.15, 0.2) is 36.7 Å². The molecule has 4 aromatic rings. The molecule has 0 saturated carbocycles. The van der Waals surface area contributed by atoms with E-state index in [1.807, 2.05) is 30.5 Å². The number of nitrogens with one attached hydrogen (secondary N) is 2. The Balaban J connectivity index is 1.18. The number of rotatable bonds is 12. The van der Waals surface area contributed by atoms with Crippen LogP contribution in [0.3, 0.4) is 0 Å². The van der Waals surface area contributed by atoms with E-state index in [0.717, 1.165) is 49.1 Å². The number of pyridine rings is 1. The monoisotopic (exact) mass is 538 g/mol. The van der Waals surface area contributed by atoms with Gasteiger partial charge in [0.05, 0.1) is 31.5 Å². The Morgan fingerprint density at radius 3 is 2.84 bits per heavy atom. The molecule has 2 N–H and O–H groups in total. The summed E-state index contributed by atoms with van der Waals surface area (Å²) in [7, 11) is 0. The molecule has 4 heterocycles. The number of aromatic nitrogens is 7. The summed E-state index contributed by atoms with van der Waals surface area (Å²) in [4.78, 5) is 20.0. The quantitative estimate of drug-likeness (QED) is 0.257. The number of benzene rings is 1. The first-order valence-electron chi connectivity index (χ1n) is 12.8. The maximum atomic E-state index is 6.09. The first kappa shape index (κ1) is 25.9. The first-order valence-corrected chi connectivity index (χ1v) is 13.2. The third kappa shape index (κ3) is 6.75. The van der Waals surface area contributed by atoms with E-state index < -0.39 is 0 Å². The van der Waals surface area contributed by atoms with Crippen LogP contribution < -0.4 is 20.3 Å². The van der Waals surface area contributed by atoms with Gasteiger partial charge in [-0.05, 0) is 30.7 Å². The van der Waals surface area contributed by atoms with Crippen molar-refractivity contribution < 1.29 is 9.47 Å². The highest BCUT2D eigenvalue weighted by molar-refractivity contribution is 6.31. The van der Waals surface area contributed by atoms with Crippen LogP contribution in [0.1, 0.15) is 25.5 Å². The minimum atomic E-state index is 0.199. The number of unbranched alkanes of at least 4 members (excludes halogenated alkanes) is 1. The van der Waals surface area contributed by atoms with Crippen LogP contribution in [0.4, 0.5) is 17.6 Å². The van der Waals surface area contributed by atoms with E-state index >= 15 is 0 Å². The lowest BCUT2D eigenvalue weighted by Crippen LogP contribution is -2.37. The molecule has 5 rings (SSSR count). The van der Waals surface area contributed by atoms with Crippen LogP contribution in [0.2, 0.25) is 5.02 Å². The number of halogens is 1. The van der Waals surface area contributed by atoms with Gasteiger partial charge in [0.25, 0.3) is 0 Å². The predicted octanol–water partition coefficient (Wildman–Crippen LogP) is 3.40. The molecule has 0 amide bonds. The second-order valence-corrected chi connectivity index (χ2v) is 9.27. The van der Waals surface area contributed by atoms with Crippen molar-refractivity contribution in [2.45, 2.75) is 32.9 Å². The zero-order valence-corrected chi connectivity index (χ0v) is 22.1. The number of anilines is 3. The van der Waals surface area contributed by atoms with E-state index in [9.17, 15) is 0 Å². The Kier molecular flexibility index (Phi) is 8.61. The van der Waals surface area contributed by atoms with Gasteiger partial charge in [0, 0.05) is 48.5 Å². The summed E-state index contributed by atoms with van der Waals surface area (Å²) < 4.78 is 13.1. The van der Waals surface area contributed by atoms with Crippen molar-refractivity contribution in [3.8, 4) is 6.01 Å². The molecule has 38 heavy (non-hydrogen) atoms. The van der Waals surface area contributed by atoms with Gasteiger partial charge in [-0.3, -0.25) is 9.67 Å². The molecule has 0 bridgehead atoms. The topological polar surface area (TPSA) is 128 Å². The third-order valence-electron chi connectivity index (χ3n) is 6.01. The van der Waals surface area contributed by atoms with Gasteiger partial charge in [-0.25, -0.2) is 0 Å². The molecule has 1 aliphatic heterocycles. The molecule has 3 aromatic heterocycles. The van der Waals surface area contributed by atoms with Crippen LogP contribution in [0, 0.1) is 0 Å². The SMILES string of the molecule is CCCCNc1nc(OCc2cn(CCNc3ccnc4cc(Cl)ccc34)nn2)nc(N2CCOCC2)n1. The molecule has 0 aliphatic carbocycles. The number of nitrogens with zero attached hydrogens (tertiary/aromatic N) is 8. The average molecular weight is 539 g/mol. The van der Waals surface area contributed by atoms with Gasteiger partial charge in [-0.15, -0.1) is 5.10 Å². The Morgan fingerprint density at radius 2 is 1.97 bits per heavy atom. The molecule has 200 valence electrons. The lowest BCUT2D eigenvalue weighted by molar-refractivity contribution is 0.122. The minimum absolute atomic E-state index is 0.199. The fraction of sp³-hybridized carbons (Fsp3) is 0.440. The maximum Gasteiger partial charge on any atom is 0.323 e. The van der Waals surface area contributed by atoms with E-state index in [1.54, 1.807) is 10.9 Å². The van der Waals surface area contributed by atoms with E-state index in [-0.39, 0.29) is 12.6 Å². The van der Waals surface area contributed by atoms with Crippen LogP contribution in [0.5, 0.6) is 6.01 Å². The lowest BCUT2D eigenvalue weighted by atomic mass is 10.2. The smallest absolute Gasteiger partial charge is 0.323 e. The summed E-state index contributed by atoms with van der Waals surface area (Å²) in [5.41, 5.74) is 2.52. The minimum Gasteiger partial charge on any atom is -0.457 e. The molecule has 0 atom stereocenters. The van der Waals surface area contributed by atoms with Crippen molar-refractivity contribution >= 4 is 40.1 Å². The Labute approximate surface area is 225 Å². The predicted molar refractivity (Wildman–Crippen MR) is 146 cm³/mol. The Bertz CT molecular complexity index is 1340. The van der Waals surface area contributed by atoms with Crippen molar-refractivity contribution in [2.24, 2.45) is 0 Å². The molecule has 1 aromatic carbocycles. The lowest BCUT2D eigenvalue weighted by Gasteiger charge is -2.27. The van der Waals surface area contributed by atoms with Gasteiger partial charge >= 0.3 is 6.01 Å². The molecular formula is C25H31ClN10O2. The van der Waals surface area contributed by atoms with Crippen LogP contribution in [-0.2, 0) is 17.9 Å².